The van der Waals surface area contributed by atoms with Crippen molar-refractivity contribution in [3.63, 3.8) is 0 Å². The second-order valence-corrected chi connectivity index (χ2v) is 5.74. The molecule has 4 nitrogen and oxygen atoms in total. The van der Waals surface area contributed by atoms with E-state index in [9.17, 15) is 9.18 Å². The highest BCUT2D eigenvalue weighted by atomic mass is 32.1. The second kappa shape index (κ2) is 7.17. The van der Waals surface area contributed by atoms with Crippen LogP contribution < -0.4 is 4.74 Å². The molecule has 0 amide bonds. The van der Waals surface area contributed by atoms with Gasteiger partial charge in [-0.05, 0) is 25.5 Å². The summed E-state index contributed by atoms with van der Waals surface area (Å²) in [7, 11) is 0. The van der Waals surface area contributed by atoms with Crippen LogP contribution in [-0.4, -0.2) is 22.7 Å². The molecule has 0 aliphatic carbocycles. The van der Waals surface area contributed by atoms with E-state index in [1.165, 1.54) is 17.4 Å². The van der Waals surface area contributed by atoms with E-state index in [1.807, 2.05) is 6.92 Å². The van der Waals surface area contributed by atoms with Gasteiger partial charge in [-0.25, -0.2) is 9.37 Å². The molecule has 2 rings (SSSR count). The van der Waals surface area contributed by atoms with Crippen LogP contribution in [0.15, 0.2) is 24.3 Å². The lowest BCUT2D eigenvalue weighted by Gasteiger charge is -2.05. The number of hydrogen-bond donors (Lipinski definition) is 1. The van der Waals surface area contributed by atoms with Gasteiger partial charge in [0.15, 0.2) is 11.6 Å². The zero-order valence-corrected chi connectivity index (χ0v) is 12.5. The molecule has 6 heteroatoms. The Morgan fingerprint density at radius 2 is 2.19 bits per heavy atom. The Labute approximate surface area is 126 Å². The van der Waals surface area contributed by atoms with Gasteiger partial charge in [0, 0.05) is 11.3 Å². The van der Waals surface area contributed by atoms with Crippen LogP contribution >= 0.6 is 11.3 Å². The SMILES string of the molecule is Cc1nc(CCCOc2ccccc2F)sc1CC(=O)O. The van der Waals surface area contributed by atoms with E-state index < -0.39 is 5.97 Å². The fourth-order valence-electron chi connectivity index (χ4n) is 1.86. The van der Waals surface area contributed by atoms with Crippen LogP contribution in [-0.2, 0) is 17.6 Å². The zero-order chi connectivity index (χ0) is 15.2. The number of aromatic nitrogens is 1. The normalized spacial score (nSPS) is 10.6. The van der Waals surface area contributed by atoms with Crippen molar-refractivity contribution in [2.45, 2.75) is 26.2 Å². The molecule has 0 saturated carbocycles. The molecule has 0 aliphatic rings. The predicted octanol–water partition coefficient (Wildman–Crippen LogP) is 3.23. The van der Waals surface area contributed by atoms with Crippen molar-refractivity contribution in [3.05, 3.63) is 45.7 Å². The van der Waals surface area contributed by atoms with Gasteiger partial charge in [0.25, 0.3) is 0 Å². The van der Waals surface area contributed by atoms with Crippen molar-refractivity contribution in [1.29, 1.82) is 0 Å². The lowest BCUT2D eigenvalue weighted by Crippen LogP contribution is -2.00. The van der Waals surface area contributed by atoms with E-state index in [0.29, 0.717) is 19.4 Å². The lowest BCUT2D eigenvalue weighted by molar-refractivity contribution is -0.136. The minimum Gasteiger partial charge on any atom is -0.491 e. The Morgan fingerprint density at radius 1 is 1.43 bits per heavy atom. The minimum atomic E-state index is -0.851. The van der Waals surface area contributed by atoms with Gasteiger partial charge in [-0.15, -0.1) is 11.3 Å². The number of aryl methyl sites for hydroxylation is 2. The van der Waals surface area contributed by atoms with E-state index in [-0.39, 0.29) is 18.0 Å². The topological polar surface area (TPSA) is 59.4 Å². The highest BCUT2D eigenvalue weighted by Crippen LogP contribution is 2.20. The largest absolute Gasteiger partial charge is 0.491 e. The summed E-state index contributed by atoms with van der Waals surface area (Å²) in [5.41, 5.74) is 0.771. The van der Waals surface area contributed by atoms with Crippen molar-refractivity contribution in [1.82, 2.24) is 4.98 Å². The molecule has 1 heterocycles. The summed E-state index contributed by atoms with van der Waals surface area (Å²) >= 11 is 1.42. The molecule has 1 aromatic heterocycles. The molecule has 0 radical (unpaired) electrons. The van der Waals surface area contributed by atoms with E-state index in [1.54, 1.807) is 18.2 Å². The third-order valence-corrected chi connectivity index (χ3v) is 4.10. The fraction of sp³-hybridized carbons (Fsp3) is 0.333. The first-order chi connectivity index (χ1) is 10.1. The number of carboxylic acid groups (broad SMARTS) is 1. The van der Waals surface area contributed by atoms with Crippen molar-refractivity contribution < 1.29 is 19.0 Å². The molecule has 0 spiro atoms. The smallest absolute Gasteiger partial charge is 0.308 e. The van der Waals surface area contributed by atoms with Gasteiger partial charge < -0.3 is 9.84 Å². The number of halogens is 1. The summed E-state index contributed by atoms with van der Waals surface area (Å²) < 4.78 is 18.7. The molecule has 0 saturated heterocycles. The number of thiazole rings is 1. The summed E-state index contributed by atoms with van der Waals surface area (Å²) in [4.78, 5) is 15.8. The maximum absolute atomic E-state index is 13.3. The van der Waals surface area contributed by atoms with Crippen LogP contribution in [0.25, 0.3) is 0 Å². The Balaban J connectivity index is 1.81. The van der Waals surface area contributed by atoms with Gasteiger partial charge in [-0.2, -0.15) is 0 Å². The predicted molar refractivity (Wildman–Crippen MR) is 78.4 cm³/mol. The van der Waals surface area contributed by atoms with E-state index in [2.05, 4.69) is 4.98 Å². The molecule has 0 fully saturated rings. The molecular weight excluding hydrogens is 293 g/mol. The van der Waals surface area contributed by atoms with Gasteiger partial charge in [-0.3, -0.25) is 4.79 Å². The van der Waals surface area contributed by atoms with Gasteiger partial charge >= 0.3 is 5.97 Å². The van der Waals surface area contributed by atoms with E-state index in [4.69, 9.17) is 9.84 Å². The van der Waals surface area contributed by atoms with Crippen molar-refractivity contribution in [2.75, 3.05) is 6.61 Å². The Bertz CT molecular complexity index is 627. The first-order valence-electron chi connectivity index (χ1n) is 6.60. The fourth-order valence-corrected chi connectivity index (χ4v) is 2.97. The van der Waals surface area contributed by atoms with Crippen molar-refractivity contribution >= 4 is 17.3 Å². The van der Waals surface area contributed by atoms with Crippen LogP contribution in [0, 0.1) is 12.7 Å². The molecular formula is C15H16FNO3S. The number of carbonyl (C=O) groups is 1. The number of aliphatic carboxylic acids is 1. The van der Waals surface area contributed by atoms with Crippen LogP contribution in [0.4, 0.5) is 4.39 Å². The molecule has 0 unspecified atom stereocenters. The summed E-state index contributed by atoms with van der Waals surface area (Å²) in [5.74, 6) is -0.970. The summed E-state index contributed by atoms with van der Waals surface area (Å²) in [6, 6.07) is 6.29. The standard InChI is InChI=1S/C15H16FNO3S/c1-10-13(9-15(18)19)21-14(17-10)7-4-8-20-12-6-3-2-5-11(12)16/h2-3,5-6H,4,7-9H2,1H3,(H,18,19). The van der Waals surface area contributed by atoms with Gasteiger partial charge in [0.1, 0.15) is 0 Å². The molecule has 21 heavy (non-hydrogen) atoms. The number of nitrogens with zero attached hydrogens (tertiary/aromatic N) is 1. The number of carboxylic acids is 1. The summed E-state index contributed by atoms with van der Waals surface area (Å²) in [6.07, 6.45) is 1.41. The van der Waals surface area contributed by atoms with Crippen LogP contribution in [0.2, 0.25) is 0 Å². The van der Waals surface area contributed by atoms with Crippen LogP contribution in [0.5, 0.6) is 5.75 Å². The molecule has 1 N–H and O–H groups in total. The summed E-state index contributed by atoms with van der Waals surface area (Å²) in [6.45, 7) is 2.21. The number of para-hydroxylation sites is 1. The first kappa shape index (κ1) is 15.4. The molecule has 1 aromatic carbocycles. The molecule has 112 valence electrons. The second-order valence-electron chi connectivity index (χ2n) is 4.57. The number of rotatable bonds is 7. The number of benzene rings is 1. The molecule has 0 aliphatic heterocycles. The highest BCUT2D eigenvalue weighted by Gasteiger charge is 2.11. The third-order valence-electron chi connectivity index (χ3n) is 2.88. The lowest BCUT2D eigenvalue weighted by atomic mass is 10.3. The van der Waals surface area contributed by atoms with E-state index in [0.717, 1.165) is 15.6 Å². The summed E-state index contributed by atoms with van der Waals surface area (Å²) in [5, 5.41) is 9.68. The van der Waals surface area contributed by atoms with Crippen LogP contribution in [0.1, 0.15) is 22.0 Å². The van der Waals surface area contributed by atoms with Crippen molar-refractivity contribution in [2.24, 2.45) is 0 Å². The van der Waals surface area contributed by atoms with Crippen molar-refractivity contribution in [3.8, 4) is 5.75 Å². The zero-order valence-electron chi connectivity index (χ0n) is 11.6. The minimum absolute atomic E-state index is 0.00915. The van der Waals surface area contributed by atoms with Crippen LogP contribution in [0.3, 0.4) is 0 Å². The monoisotopic (exact) mass is 309 g/mol. The van der Waals surface area contributed by atoms with E-state index >= 15 is 0 Å². The number of hydrogen-bond acceptors (Lipinski definition) is 4. The first-order valence-corrected chi connectivity index (χ1v) is 7.42. The Morgan fingerprint density at radius 3 is 2.90 bits per heavy atom. The quantitative estimate of drug-likeness (QED) is 0.798. The van der Waals surface area contributed by atoms with Gasteiger partial charge in [0.05, 0.1) is 23.7 Å². The van der Waals surface area contributed by atoms with Gasteiger partial charge in [0.2, 0.25) is 0 Å². The van der Waals surface area contributed by atoms with Gasteiger partial charge in [-0.1, -0.05) is 12.1 Å². The average Bonchev–Trinajstić information content (AvgIpc) is 2.76. The maximum atomic E-state index is 13.3. The molecule has 2 aromatic rings. The molecule has 0 atom stereocenters. The number of ether oxygens (including phenoxy) is 1. The average molecular weight is 309 g/mol. The third kappa shape index (κ3) is 4.53. The Hall–Kier alpha value is -1.95. The maximum Gasteiger partial charge on any atom is 0.308 e. The highest BCUT2D eigenvalue weighted by molar-refractivity contribution is 7.11. The Kier molecular flexibility index (Phi) is 5.27. The molecule has 0 bridgehead atoms.